The number of methoxy groups -OCH3 is 1. The number of H-pyrrole nitrogens is 1. The Bertz CT molecular complexity index is 1200. The zero-order valence-electron chi connectivity index (χ0n) is 17.1. The van der Waals surface area contributed by atoms with Gasteiger partial charge in [-0.1, -0.05) is 11.3 Å². The van der Waals surface area contributed by atoms with Crippen LogP contribution in [0.4, 0.5) is 14.7 Å². The van der Waals surface area contributed by atoms with Crippen molar-refractivity contribution < 1.29 is 13.5 Å². The minimum Gasteiger partial charge on any atom is -0.381 e. The number of hydrogen-bond donors (Lipinski definition) is 2. The monoisotopic (exact) mass is 427 g/mol. The Labute approximate surface area is 177 Å². The number of anilines is 1. The van der Waals surface area contributed by atoms with Crippen molar-refractivity contribution in [3.05, 3.63) is 30.6 Å². The van der Waals surface area contributed by atoms with E-state index in [-0.39, 0.29) is 0 Å². The molecule has 3 heterocycles. The number of rotatable bonds is 6. The van der Waals surface area contributed by atoms with Gasteiger partial charge >= 0.3 is 0 Å². The molecule has 0 aliphatic heterocycles. The first kappa shape index (κ1) is 19.8. The predicted octanol–water partition coefficient (Wildman–Crippen LogP) is 4.00. The van der Waals surface area contributed by atoms with Crippen molar-refractivity contribution >= 4 is 28.0 Å². The highest BCUT2D eigenvalue weighted by atomic mass is 19.3. The van der Waals surface area contributed by atoms with Gasteiger partial charge in [0, 0.05) is 36.5 Å². The highest BCUT2D eigenvalue weighted by Crippen LogP contribution is 2.30. The maximum atomic E-state index is 12.8. The van der Waals surface area contributed by atoms with E-state index in [2.05, 4.69) is 30.6 Å². The van der Waals surface area contributed by atoms with Crippen LogP contribution in [-0.2, 0) is 11.3 Å². The minimum absolute atomic E-state index is 0.336. The molecule has 0 atom stereocenters. The van der Waals surface area contributed by atoms with Crippen LogP contribution in [0.2, 0.25) is 0 Å². The third-order valence-electron chi connectivity index (χ3n) is 5.91. The van der Waals surface area contributed by atoms with E-state index < -0.39 is 13.0 Å². The SMILES string of the molecule is COC1CCC(Nc2ncc3c(-c4ccc5nnn(CC(F)F)c5c4)c[nH]c3n2)CC1. The number of fused-ring (bicyclic) bond motifs is 2. The lowest BCUT2D eigenvalue weighted by Gasteiger charge is -2.28. The van der Waals surface area contributed by atoms with Crippen LogP contribution in [0.25, 0.3) is 33.2 Å². The summed E-state index contributed by atoms with van der Waals surface area (Å²) in [7, 11) is 1.76. The van der Waals surface area contributed by atoms with Gasteiger partial charge in [0.15, 0.2) is 0 Å². The van der Waals surface area contributed by atoms with Gasteiger partial charge in [0.25, 0.3) is 6.43 Å². The highest BCUT2D eigenvalue weighted by Gasteiger charge is 2.21. The quantitative estimate of drug-likeness (QED) is 0.483. The largest absolute Gasteiger partial charge is 0.381 e. The number of alkyl halides is 2. The van der Waals surface area contributed by atoms with Gasteiger partial charge in [0.05, 0.1) is 11.6 Å². The van der Waals surface area contributed by atoms with Crippen LogP contribution in [0, 0.1) is 0 Å². The maximum absolute atomic E-state index is 12.8. The second-order valence-electron chi connectivity index (χ2n) is 7.88. The molecule has 162 valence electrons. The van der Waals surface area contributed by atoms with Crippen molar-refractivity contribution in [1.82, 2.24) is 29.9 Å². The summed E-state index contributed by atoms with van der Waals surface area (Å²) in [5.74, 6) is 0.594. The fraction of sp³-hybridized carbons (Fsp3) is 0.429. The Balaban J connectivity index is 1.40. The van der Waals surface area contributed by atoms with Crippen LogP contribution in [0.3, 0.4) is 0 Å². The third kappa shape index (κ3) is 3.95. The Hall–Kier alpha value is -3.14. The molecule has 0 radical (unpaired) electrons. The molecule has 0 spiro atoms. The van der Waals surface area contributed by atoms with Gasteiger partial charge in [-0.25, -0.2) is 18.4 Å². The first-order chi connectivity index (χ1) is 15.1. The first-order valence-corrected chi connectivity index (χ1v) is 10.4. The van der Waals surface area contributed by atoms with Gasteiger partial charge in [-0.15, -0.1) is 5.10 Å². The molecule has 0 bridgehead atoms. The molecule has 4 aromatic rings. The van der Waals surface area contributed by atoms with Crippen molar-refractivity contribution in [3.63, 3.8) is 0 Å². The van der Waals surface area contributed by atoms with Crippen LogP contribution >= 0.6 is 0 Å². The summed E-state index contributed by atoms with van der Waals surface area (Å²) in [6.45, 7) is -0.488. The number of nitrogens with one attached hydrogen (secondary N) is 2. The molecule has 3 aromatic heterocycles. The van der Waals surface area contributed by atoms with Crippen LogP contribution in [0.5, 0.6) is 0 Å². The molecule has 1 fully saturated rings. The summed E-state index contributed by atoms with van der Waals surface area (Å²) >= 11 is 0. The second-order valence-corrected chi connectivity index (χ2v) is 7.88. The topological polar surface area (TPSA) is 93.5 Å². The fourth-order valence-electron chi connectivity index (χ4n) is 4.24. The van der Waals surface area contributed by atoms with Gasteiger partial charge in [0.1, 0.15) is 17.7 Å². The zero-order chi connectivity index (χ0) is 21.4. The van der Waals surface area contributed by atoms with Gasteiger partial charge < -0.3 is 15.0 Å². The lowest BCUT2D eigenvalue weighted by Crippen LogP contribution is -2.29. The van der Waals surface area contributed by atoms with E-state index in [1.165, 1.54) is 4.68 Å². The van der Waals surface area contributed by atoms with E-state index >= 15 is 0 Å². The molecule has 0 saturated heterocycles. The summed E-state index contributed by atoms with van der Waals surface area (Å²) in [5.41, 5.74) is 3.62. The van der Waals surface area contributed by atoms with Crippen LogP contribution < -0.4 is 5.32 Å². The molecular formula is C21H23F2N7O. The van der Waals surface area contributed by atoms with E-state index in [1.807, 2.05) is 18.3 Å². The van der Waals surface area contributed by atoms with Gasteiger partial charge in [-0.05, 0) is 43.4 Å². The average molecular weight is 427 g/mol. The van der Waals surface area contributed by atoms with Crippen LogP contribution in [0.1, 0.15) is 25.7 Å². The molecule has 1 saturated carbocycles. The predicted molar refractivity (Wildman–Crippen MR) is 113 cm³/mol. The Morgan fingerprint density at radius 1 is 1.26 bits per heavy atom. The van der Waals surface area contributed by atoms with Crippen molar-refractivity contribution in [2.45, 2.75) is 50.8 Å². The summed E-state index contributed by atoms with van der Waals surface area (Å²) < 4.78 is 32.3. The van der Waals surface area contributed by atoms with Gasteiger partial charge in [0.2, 0.25) is 5.95 Å². The minimum atomic E-state index is -2.49. The molecular weight excluding hydrogens is 404 g/mol. The number of aromatic nitrogens is 6. The number of benzene rings is 1. The van der Waals surface area contributed by atoms with E-state index in [0.717, 1.165) is 47.8 Å². The number of aromatic amines is 1. The molecule has 10 heteroatoms. The number of nitrogens with zero attached hydrogens (tertiary/aromatic N) is 5. The molecule has 0 unspecified atom stereocenters. The summed E-state index contributed by atoms with van der Waals surface area (Å²) in [4.78, 5) is 12.3. The molecule has 31 heavy (non-hydrogen) atoms. The average Bonchev–Trinajstić information content (AvgIpc) is 3.37. The summed E-state index contributed by atoms with van der Waals surface area (Å²) in [5, 5.41) is 12.1. The second kappa shape index (κ2) is 8.18. The smallest absolute Gasteiger partial charge is 0.258 e. The lowest BCUT2D eigenvalue weighted by molar-refractivity contribution is 0.0681. The summed E-state index contributed by atoms with van der Waals surface area (Å²) in [6.07, 6.45) is 5.60. The first-order valence-electron chi connectivity index (χ1n) is 10.4. The van der Waals surface area contributed by atoms with E-state index in [1.54, 1.807) is 19.4 Å². The number of hydrogen-bond acceptors (Lipinski definition) is 6. The van der Waals surface area contributed by atoms with Crippen molar-refractivity contribution in [1.29, 1.82) is 0 Å². The summed E-state index contributed by atoms with van der Waals surface area (Å²) in [6, 6.07) is 5.84. The normalized spacial score (nSPS) is 19.5. The van der Waals surface area contributed by atoms with E-state index in [0.29, 0.717) is 29.1 Å². The Morgan fingerprint density at radius 2 is 2.10 bits per heavy atom. The van der Waals surface area contributed by atoms with Crippen LogP contribution in [-0.4, -0.2) is 55.6 Å². The zero-order valence-corrected chi connectivity index (χ0v) is 17.1. The lowest BCUT2D eigenvalue weighted by atomic mass is 9.93. The third-order valence-corrected chi connectivity index (χ3v) is 5.91. The molecule has 8 nitrogen and oxygen atoms in total. The van der Waals surface area contributed by atoms with Crippen LogP contribution in [0.15, 0.2) is 30.6 Å². The molecule has 1 aliphatic rings. The molecule has 5 rings (SSSR count). The molecule has 0 amide bonds. The fourth-order valence-corrected chi connectivity index (χ4v) is 4.24. The molecule has 1 aromatic carbocycles. The molecule has 2 N–H and O–H groups in total. The van der Waals surface area contributed by atoms with E-state index in [9.17, 15) is 8.78 Å². The Morgan fingerprint density at radius 3 is 2.87 bits per heavy atom. The van der Waals surface area contributed by atoms with Gasteiger partial charge in [-0.2, -0.15) is 4.98 Å². The standard InChI is InChI=1S/C21H23F2N7O/c1-31-14-5-3-13(4-6-14)26-21-25-10-16-15(9-24-20(16)27-21)12-2-7-17-18(8-12)30(29-28-17)11-19(22)23/h2,7-10,13-14,19H,3-6,11H2,1H3,(H2,24,25,26,27). The number of ether oxygens (including phenoxy) is 1. The highest BCUT2D eigenvalue weighted by molar-refractivity contribution is 5.95. The van der Waals surface area contributed by atoms with Gasteiger partial charge in [-0.3, -0.25) is 0 Å². The molecule has 1 aliphatic carbocycles. The maximum Gasteiger partial charge on any atom is 0.258 e. The Kier molecular flexibility index (Phi) is 5.23. The van der Waals surface area contributed by atoms with Crippen molar-refractivity contribution in [3.8, 4) is 11.1 Å². The number of halogens is 2. The van der Waals surface area contributed by atoms with Crippen molar-refractivity contribution in [2.75, 3.05) is 12.4 Å². The van der Waals surface area contributed by atoms with E-state index in [4.69, 9.17) is 4.74 Å². The van der Waals surface area contributed by atoms with Crippen molar-refractivity contribution in [2.24, 2.45) is 0 Å².